The Labute approximate surface area is 131 Å². The first kappa shape index (κ1) is 16.4. The molecule has 1 heterocycles. The van der Waals surface area contributed by atoms with Crippen LogP contribution in [-0.2, 0) is 13.0 Å². The number of rotatable bonds is 7. The van der Waals surface area contributed by atoms with E-state index in [0.717, 1.165) is 42.0 Å². The van der Waals surface area contributed by atoms with E-state index in [-0.39, 0.29) is 5.75 Å². The van der Waals surface area contributed by atoms with E-state index in [1.165, 1.54) is 0 Å². The van der Waals surface area contributed by atoms with Gasteiger partial charge in [0.1, 0.15) is 5.76 Å². The summed E-state index contributed by atoms with van der Waals surface area (Å²) in [6, 6.07) is 5.86. The lowest BCUT2D eigenvalue weighted by atomic mass is 10.1. The molecule has 0 aliphatic carbocycles. The number of aromatic nitrogens is 1. The fourth-order valence-electron chi connectivity index (χ4n) is 2.39. The van der Waals surface area contributed by atoms with Gasteiger partial charge in [-0.1, -0.05) is 11.2 Å². The van der Waals surface area contributed by atoms with Crippen LogP contribution in [0.15, 0.2) is 22.7 Å². The monoisotopic (exact) mass is 304 g/mol. The molecule has 1 aromatic heterocycles. The Kier molecular flexibility index (Phi) is 5.44. The zero-order valence-electron chi connectivity index (χ0n) is 13.6. The number of aromatic hydroxyl groups is 1. The van der Waals surface area contributed by atoms with E-state index >= 15 is 0 Å². The summed E-state index contributed by atoms with van der Waals surface area (Å²) in [5.74, 6) is 1.57. The van der Waals surface area contributed by atoms with E-state index in [1.54, 1.807) is 13.2 Å². The summed E-state index contributed by atoms with van der Waals surface area (Å²) < 4.78 is 10.3. The number of nitrogens with zero attached hydrogens (tertiary/aromatic N) is 1. The molecule has 2 rings (SSSR count). The van der Waals surface area contributed by atoms with Gasteiger partial charge in [0.05, 0.1) is 12.8 Å². The van der Waals surface area contributed by atoms with Crippen molar-refractivity contribution < 1.29 is 14.4 Å². The molecular weight excluding hydrogens is 280 g/mol. The molecule has 0 aliphatic heterocycles. The minimum Gasteiger partial charge on any atom is -0.504 e. The van der Waals surface area contributed by atoms with Crippen LogP contribution in [0.5, 0.6) is 11.5 Å². The molecule has 0 radical (unpaired) electrons. The fraction of sp³-hybridized carbons (Fsp3) is 0.471. The van der Waals surface area contributed by atoms with Crippen molar-refractivity contribution >= 4 is 0 Å². The zero-order chi connectivity index (χ0) is 16.1. The molecule has 0 spiro atoms. The smallest absolute Gasteiger partial charge is 0.160 e. The topological polar surface area (TPSA) is 67.5 Å². The second kappa shape index (κ2) is 7.31. The SMILES string of the molecule is COc1cc(CCC(C)NCc2c(C)noc2C)ccc1O. The van der Waals surface area contributed by atoms with Crippen molar-refractivity contribution in [3.63, 3.8) is 0 Å². The number of methoxy groups -OCH3 is 1. The first-order chi connectivity index (χ1) is 10.5. The Morgan fingerprint density at radius 3 is 2.77 bits per heavy atom. The zero-order valence-corrected chi connectivity index (χ0v) is 13.6. The van der Waals surface area contributed by atoms with E-state index in [2.05, 4.69) is 17.4 Å². The van der Waals surface area contributed by atoms with E-state index in [1.807, 2.05) is 26.0 Å². The first-order valence-corrected chi connectivity index (χ1v) is 7.52. The molecule has 1 unspecified atom stereocenters. The Morgan fingerprint density at radius 1 is 1.36 bits per heavy atom. The van der Waals surface area contributed by atoms with Crippen LogP contribution in [0.3, 0.4) is 0 Å². The first-order valence-electron chi connectivity index (χ1n) is 7.52. The van der Waals surface area contributed by atoms with Gasteiger partial charge in [0.15, 0.2) is 11.5 Å². The Morgan fingerprint density at radius 2 is 2.14 bits per heavy atom. The molecule has 0 aliphatic rings. The Bertz CT molecular complexity index is 603. The standard InChI is InChI=1S/C17H24N2O3/c1-11(18-10-15-12(2)19-22-13(15)3)5-6-14-7-8-16(20)17(9-14)21-4/h7-9,11,18,20H,5-6,10H2,1-4H3. The van der Waals surface area contributed by atoms with Crippen molar-refractivity contribution in [3.05, 3.63) is 40.8 Å². The second-order valence-corrected chi connectivity index (χ2v) is 5.63. The average molecular weight is 304 g/mol. The van der Waals surface area contributed by atoms with Crippen molar-refractivity contribution in [2.75, 3.05) is 7.11 Å². The van der Waals surface area contributed by atoms with Crippen LogP contribution in [-0.4, -0.2) is 23.4 Å². The molecule has 0 fully saturated rings. The van der Waals surface area contributed by atoms with E-state index in [0.29, 0.717) is 11.8 Å². The number of aryl methyl sites for hydroxylation is 3. The minimum absolute atomic E-state index is 0.177. The van der Waals surface area contributed by atoms with Gasteiger partial charge in [-0.15, -0.1) is 0 Å². The van der Waals surface area contributed by atoms with Crippen molar-refractivity contribution in [2.24, 2.45) is 0 Å². The molecular formula is C17H24N2O3. The van der Waals surface area contributed by atoms with Crippen LogP contribution < -0.4 is 10.1 Å². The lowest BCUT2D eigenvalue weighted by Crippen LogP contribution is -2.26. The summed E-state index contributed by atoms with van der Waals surface area (Å²) >= 11 is 0. The van der Waals surface area contributed by atoms with Crippen LogP contribution in [0.1, 0.15) is 35.9 Å². The quantitative estimate of drug-likeness (QED) is 0.822. The van der Waals surface area contributed by atoms with Crippen LogP contribution in [0.2, 0.25) is 0 Å². The number of phenolic OH excluding ortho intramolecular Hbond substituents is 1. The van der Waals surface area contributed by atoms with Crippen molar-refractivity contribution in [3.8, 4) is 11.5 Å². The van der Waals surface area contributed by atoms with Gasteiger partial charge in [-0.2, -0.15) is 0 Å². The van der Waals surface area contributed by atoms with Crippen LogP contribution in [0.4, 0.5) is 0 Å². The minimum atomic E-state index is 0.177. The highest BCUT2D eigenvalue weighted by Crippen LogP contribution is 2.26. The summed E-state index contributed by atoms with van der Waals surface area (Å²) in [7, 11) is 1.56. The molecule has 0 bridgehead atoms. The summed E-state index contributed by atoms with van der Waals surface area (Å²) in [6.07, 6.45) is 1.92. The molecule has 5 heteroatoms. The Balaban J connectivity index is 1.84. The number of ether oxygens (including phenoxy) is 1. The third-order valence-electron chi connectivity index (χ3n) is 3.92. The number of hydrogen-bond donors (Lipinski definition) is 2. The fourth-order valence-corrected chi connectivity index (χ4v) is 2.39. The number of phenols is 1. The van der Waals surface area contributed by atoms with Crippen LogP contribution in [0, 0.1) is 13.8 Å². The molecule has 22 heavy (non-hydrogen) atoms. The lowest BCUT2D eigenvalue weighted by Gasteiger charge is -2.14. The van der Waals surface area contributed by atoms with Gasteiger partial charge in [-0.3, -0.25) is 0 Å². The van der Waals surface area contributed by atoms with Gasteiger partial charge < -0.3 is 19.7 Å². The van der Waals surface area contributed by atoms with Gasteiger partial charge in [0.25, 0.3) is 0 Å². The summed E-state index contributed by atoms with van der Waals surface area (Å²) in [6.45, 7) is 6.82. The molecule has 0 saturated heterocycles. The molecule has 120 valence electrons. The third kappa shape index (κ3) is 4.01. The van der Waals surface area contributed by atoms with E-state index in [4.69, 9.17) is 9.26 Å². The predicted molar refractivity (Wildman–Crippen MR) is 85.3 cm³/mol. The molecule has 1 aromatic carbocycles. The molecule has 1 atom stereocenters. The molecule has 2 N–H and O–H groups in total. The number of hydrogen-bond acceptors (Lipinski definition) is 5. The third-order valence-corrected chi connectivity index (χ3v) is 3.92. The molecule has 5 nitrogen and oxygen atoms in total. The van der Waals surface area contributed by atoms with Crippen molar-refractivity contribution in [1.29, 1.82) is 0 Å². The Hall–Kier alpha value is -2.01. The van der Waals surface area contributed by atoms with Gasteiger partial charge in [-0.25, -0.2) is 0 Å². The molecule has 2 aromatic rings. The van der Waals surface area contributed by atoms with Gasteiger partial charge in [0.2, 0.25) is 0 Å². The van der Waals surface area contributed by atoms with Gasteiger partial charge in [0, 0.05) is 18.2 Å². The van der Waals surface area contributed by atoms with Gasteiger partial charge >= 0.3 is 0 Å². The second-order valence-electron chi connectivity index (χ2n) is 5.63. The summed E-state index contributed by atoms with van der Waals surface area (Å²) in [4.78, 5) is 0. The van der Waals surface area contributed by atoms with E-state index in [9.17, 15) is 5.11 Å². The van der Waals surface area contributed by atoms with Crippen molar-refractivity contribution in [1.82, 2.24) is 10.5 Å². The number of benzene rings is 1. The highest BCUT2D eigenvalue weighted by molar-refractivity contribution is 5.41. The lowest BCUT2D eigenvalue weighted by molar-refractivity contribution is 0.372. The molecule has 0 saturated carbocycles. The van der Waals surface area contributed by atoms with Gasteiger partial charge in [-0.05, 0) is 51.3 Å². The molecule has 0 amide bonds. The maximum atomic E-state index is 9.60. The summed E-state index contributed by atoms with van der Waals surface area (Å²) in [5.41, 5.74) is 3.24. The van der Waals surface area contributed by atoms with Crippen LogP contribution >= 0.6 is 0 Å². The average Bonchev–Trinajstić information content (AvgIpc) is 2.83. The van der Waals surface area contributed by atoms with Crippen LogP contribution in [0.25, 0.3) is 0 Å². The normalized spacial score (nSPS) is 12.4. The largest absolute Gasteiger partial charge is 0.504 e. The number of nitrogens with one attached hydrogen (secondary N) is 1. The highest BCUT2D eigenvalue weighted by Gasteiger charge is 2.10. The maximum Gasteiger partial charge on any atom is 0.160 e. The summed E-state index contributed by atoms with van der Waals surface area (Å²) in [5, 5.41) is 17.1. The predicted octanol–water partition coefficient (Wildman–Crippen LogP) is 3.12. The van der Waals surface area contributed by atoms with Crippen molar-refractivity contribution in [2.45, 2.75) is 46.2 Å². The van der Waals surface area contributed by atoms with E-state index < -0.39 is 0 Å². The highest BCUT2D eigenvalue weighted by atomic mass is 16.5. The maximum absolute atomic E-state index is 9.60.